The van der Waals surface area contributed by atoms with E-state index in [2.05, 4.69) is 39.6 Å². The van der Waals surface area contributed by atoms with Gasteiger partial charge in [0.05, 0.1) is 24.0 Å². The highest BCUT2D eigenvalue weighted by Crippen LogP contribution is 2.39. The molecule has 2 N–H and O–H groups in total. The van der Waals surface area contributed by atoms with Crippen molar-refractivity contribution >= 4 is 52.3 Å². The van der Waals surface area contributed by atoms with E-state index >= 15 is 0 Å². The number of piperazine rings is 1. The lowest BCUT2D eigenvalue weighted by atomic mass is 10.2. The third-order valence-electron chi connectivity index (χ3n) is 6.76. The van der Waals surface area contributed by atoms with Crippen LogP contribution in [0.2, 0.25) is 0 Å². The zero-order valence-electron chi connectivity index (χ0n) is 22.0. The van der Waals surface area contributed by atoms with Gasteiger partial charge in [0.2, 0.25) is 5.95 Å². The van der Waals surface area contributed by atoms with Crippen molar-refractivity contribution in [1.29, 1.82) is 0 Å². The van der Waals surface area contributed by atoms with Gasteiger partial charge in [-0.3, -0.25) is 0 Å². The minimum atomic E-state index is -2.50. The van der Waals surface area contributed by atoms with Crippen molar-refractivity contribution < 1.29 is 9.30 Å². The zero-order valence-corrected chi connectivity index (χ0v) is 22.9. The average Bonchev–Trinajstić information content (AvgIpc) is 3.25. The summed E-state index contributed by atoms with van der Waals surface area (Å²) in [6.07, 6.45) is 1.95. The van der Waals surface area contributed by atoms with Crippen LogP contribution in [0.25, 0.3) is 11.0 Å². The number of benzene rings is 2. The molecule has 1 fully saturated rings. The summed E-state index contributed by atoms with van der Waals surface area (Å²) in [5.41, 5.74) is 4.35. The van der Waals surface area contributed by atoms with Crippen LogP contribution in [-0.4, -0.2) is 73.1 Å². The van der Waals surface area contributed by atoms with Gasteiger partial charge >= 0.3 is 0 Å². The number of rotatable bonds is 7. The Bertz CT molecular complexity index is 1470. The van der Waals surface area contributed by atoms with E-state index in [1.165, 1.54) is 0 Å². The Morgan fingerprint density at radius 3 is 2.41 bits per heavy atom. The molecule has 10 heteroatoms. The molecule has 0 spiro atoms. The number of fused-ring (bicyclic) bond motifs is 1. The fourth-order valence-electron chi connectivity index (χ4n) is 4.68. The summed E-state index contributed by atoms with van der Waals surface area (Å²) >= 11 is 0. The van der Waals surface area contributed by atoms with Gasteiger partial charge < -0.3 is 34.3 Å². The third kappa shape index (κ3) is 5.29. The number of aryl methyl sites for hydroxylation is 1. The van der Waals surface area contributed by atoms with Crippen LogP contribution in [0, 0.1) is 0 Å². The van der Waals surface area contributed by atoms with Crippen molar-refractivity contribution in [3.05, 3.63) is 54.7 Å². The first-order chi connectivity index (χ1) is 17.7. The predicted octanol–water partition coefficient (Wildman–Crippen LogP) is 4.46. The lowest BCUT2D eigenvalue weighted by molar-refractivity contribution is 0.312. The first-order valence-electron chi connectivity index (χ1n) is 12.4. The van der Waals surface area contributed by atoms with Crippen molar-refractivity contribution in [2.24, 2.45) is 7.05 Å². The van der Waals surface area contributed by atoms with Gasteiger partial charge in [-0.2, -0.15) is 4.98 Å². The highest BCUT2D eigenvalue weighted by molar-refractivity contribution is 7.70. The van der Waals surface area contributed by atoms with E-state index in [1.807, 2.05) is 54.2 Å². The van der Waals surface area contributed by atoms with E-state index < -0.39 is 7.14 Å². The minimum Gasteiger partial charge on any atom is -0.494 e. The third-order valence-corrected chi connectivity index (χ3v) is 8.31. The van der Waals surface area contributed by atoms with Gasteiger partial charge in [-0.15, -0.1) is 0 Å². The Morgan fingerprint density at radius 1 is 0.919 bits per heavy atom. The van der Waals surface area contributed by atoms with Crippen LogP contribution in [0.3, 0.4) is 0 Å². The molecule has 9 nitrogen and oxygen atoms in total. The van der Waals surface area contributed by atoms with E-state index in [0.717, 1.165) is 65.3 Å². The SMILES string of the molecule is COc1cc(N2CCN(C)CC2)ccc1Nc1nc(Nc2ccccc2P(C)(C)=O)c2c(ccn2C)n1. The number of likely N-dealkylation sites (N-methyl/N-ethyl adjacent to an activating group) is 1. The first kappa shape index (κ1) is 25.1. The molecular formula is C27H34N7O2P. The van der Waals surface area contributed by atoms with Gasteiger partial charge in [-0.25, -0.2) is 4.98 Å². The Hall–Kier alpha value is -3.55. The Morgan fingerprint density at radius 2 is 1.68 bits per heavy atom. The number of nitrogens with zero attached hydrogens (tertiary/aromatic N) is 5. The molecule has 1 saturated heterocycles. The quantitative estimate of drug-likeness (QED) is 0.346. The predicted molar refractivity (Wildman–Crippen MR) is 153 cm³/mol. The molecule has 0 aliphatic carbocycles. The molecule has 1 aliphatic heterocycles. The summed E-state index contributed by atoms with van der Waals surface area (Å²) in [6.45, 7) is 7.60. The van der Waals surface area contributed by atoms with E-state index in [9.17, 15) is 4.57 Å². The second-order valence-corrected chi connectivity index (χ2v) is 13.0. The number of anilines is 5. The van der Waals surface area contributed by atoms with Crippen LogP contribution in [0.1, 0.15) is 0 Å². The topological polar surface area (TPSA) is 87.5 Å². The number of hydrogen-bond donors (Lipinski definition) is 2. The first-order valence-corrected chi connectivity index (χ1v) is 15.0. The molecule has 37 heavy (non-hydrogen) atoms. The summed E-state index contributed by atoms with van der Waals surface area (Å²) in [5, 5.41) is 7.57. The lowest BCUT2D eigenvalue weighted by Gasteiger charge is -2.34. The van der Waals surface area contributed by atoms with Crippen molar-refractivity contribution in [2.45, 2.75) is 0 Å². The molecule has 0 radical (unpaired) electrons. The summed E-state index contributed by atoms with van der Waals surface area (Å²) in [6, 6.07) is 15.8. The Labute approximate surface area is 217 Å². The van der Waals surface area contributed by atoms with Crippen molar-refractivity contribution in [1.82, 2.24) is 19.4 Å². The molecule has 0 atom stereocenters. The smallest absolute Gasteiger partial charge is 0.229 e. The molecule has 3 heterocycles. The lowest BCUT2D eigenvalue weighted by Crippen LogP contribution is -2.44. The van der Waals surface area contributed by atoms with E-state index in [-0.39, 0.29) is 0 Å². The Kier molecular flexibility index (Phi) is 6.84. The summed E-state index contributed by atoms with van der Waals surface area (Å²) in [7, 11) is 3.29. The fraction of sp³-hybridized carbons (Fsp3) is 0.333. The number of nitrogens with one attached hydrogen (secondary N) is 2. The zero-order chi connectivity index (χ0) is 26.2. The fourth-order valence-corrected chi connectivity index (χ4v) is 5.83. The number of aromatic nitrogens is 3. The van der Waals surface area contributed by atoms with Crippen molar-refractivity contribution in [3.8, 4) is 5.75 Å². The number of methoxy groups -OCH3 is 1. The van der Waals surface area contributed by atoms with Gasteiger partial charge in [0.1, 0.15) is 18.4 Å². The molecule has 194 valence electrons. The molecule has 0 saturated carbocycles. The molecule has 2 aromatic carbocycles. The molecule has 0 bridgehead atoms. The second-order valence-electron chi connectivity index (χ2n) is 9.85. The van der Waals surface area contributed by atoms with Gasteiger partial charge in [0.15, 0.2) is 5.82 Å². The monoisotopic (exact) mass is 519 g/mol. The largest absolute Gasteiger partial charge is 0.494 e. The van der Waals surface area contributed by atoms with E-state index in [4.69, 9.17) is 14.7 Å². The van der Waals surface area contributed by atoms with Gasteiger partial charge in [-0.1, -0.05) is 12.1 Å². The van der Waals surface area contributed by atoms with E-state index in [0.29, 0.717) is 11.8 Å². The molecule has 0 amide bonds. The maximum absolute atomic E-state index is 12.9. The van der Waals surface area contributed by atoms with Gasteiger partial charge in [0, 0.05) is 56.5 Å². The molecule has 2 aromatic heterocycles. The number of hydrogen-bond acceptors (Lipinski definition) is 8. The van der Waals surface area contributed by atoms with Crippen LogP contribution in [0.5, 0.6) is 5.75 Å². The van der Waals surface area contributed by atoms with Crippen LogP contribution < -0.4 is 25.6 Å². The molecule has 4 aromatic rings. The second kappa shape index (κ2) is 10.1. The van der Waals surface area contributed by atoms with Crippen LogP contribution in [0.4, 0.5) is 28.8 Å². The van der Waals surface area contributed by atoms with Crippen molar-refractivity contribution in [2.75, 3.05) is 69.2 Å². The van der Waals surface area contributed by atoms with Gasteiger partial charge in [0.25, 0.3) is 0 Å². The maximum Gasteiger partial charge on any atom is 0.229 e. The highest BCUT2D eigenvalue weighted by Gasteiger charge is 2.20. The maximum atomic E-state index is 12.9. The van der Waals surface area contributed by atoms with Gasteiger partial charge in [-0.05, 0) is 50.7 Å². The van der Waals surface area contributed by atoms with Crippen LogP contribution in [-0.2, 0) is 11.6 Å². The number of para-hydroxylation sites is 1. The Balaban J connectivity index is 1.48. The normalized spacial score (nSPS) is 14.7. The average molecular weight is 520 g/mol. The van der Waals surface area contributed by atoms with Crippen molar-refractivity contribution in [3.63, 3.8) is 0 Å². The molecule has 1 aliphatic rings. The summed E-state index contributed by atoms with van der Waals surface area (Å²) in [4.78, 5) is 14.3. The highest BCUT2D eigenvalue weighted by atomic mass is 31.2. The summed E-state index contributed by atoms with van der Waals surface area (Å²) < 4.78 is 20.6. The minimum absolute atomic E-state index is 0.445. The summed E-state index contributed by atoms with van der Waals surface area (Å²) in [5.74, 6) is 1.81. The molecule has 0 unspecified atom stereocenters. The van der Waals surface area contributed by atoms with E-state index in [1.54, 1.807) is 20.4 Å². The molecular weight excluding hydrogens is 485 g/mol. The molecule has 5 rings (SSSR count). The van der Waals surface area contributed by atoms with Crippen LogP contribution >= 0.6 is 7.14 Å². The van der Waals surface area contributed by atoms with Crippen LogP contribution in [0.15, 0.2) is 54.7 Å². The number of ether oxygens (including phenoxy) is 1. The standard InChI is InChI=1S/C27H34N7O2P/c1-32-14-16-34(17-15-32)19-10-11-20(23(18-19)36-3)29-27-30-22-12-13-33(2)25(22)26(31-27)28-21-8-6-7-9-24(21)37(4,5)35/h6-13,18H,14-17H2,1-5H3,(H2,28,29,30,31).